The summed E-state index contributed by atoms with van der Waals surface area (Å²) in [6, 6.07) is 40.9. The van der Waals surface area contributed by atoms with Crippen LogP contribution in [0.4, 0.5) is 8.78 Å². The number of carboxylic acids is 2. The number of carboxylic acid groups (broad SMARTS) is 2. The molecule has 1 fully saturated rings. The number of halogens is 8. The van der Waals surface area contributed by atoms with Gasteiger partial charge in [0.05, 0.1) is 33.7 Å². The Morgan fingerprint density at radius 3 is 1.22 bits per heavy atom. The number of carbonyl (C=O) groups excluding carboxylic acids is 8. The van der Waals surface area contributed by atoms with Crippen molar-refractivity contribution in [3.05, 3.63) is 203 Å². The molecule has 2 atom stereocenters. The number of hydrogen-bond acceptors (Lipinski definition) is 31. The number of ether oxygens (including phenoxy) is 3. The number of fused-ring (bicyclic) bond motifs is 5. The Bertz CT molecular complexity index is 6930. The number of aromatic nitrogens is 10. The van der Waals surface area contributed by atoms with Gasteiger partial charge >= 0.3 is 29.8 Å². The molecule has 12 aromatic rings. The zero-order valence-corrected chi connectivity index (χ0v) is 99.3. The number of hydrogen-bond donors (Lipinski definition) is 9. The normalized spacial score (nSPS) is 11.5. The van der Waals surface area contributed by atoms with Crippen LogP contribution in [-0.2, 0) is 265 Å². The number of nitriles is 2. The van der Waals surface area contributed by atoms with Gasteiger partial charge in [-0.1, -0.05) is 125 Å². The number of aliphatic carboxylic acids is 1. The molecule has 0 saturated carbocycles. The fourth-order valence-electron chi connectivity index (χ4n) is 11.5. The van der Waals surface area contributed by atoms with Crippen molar-refractivity contribution in [1.29, 1.82) is 10.5 Å². The van der Waals surface area contributed by atoms with E-state index in [-0.39, 0.29) is 109 Å². The Hall–Kier alpha value is -7.16. The van der Waals surface area contributed by atoms with Gasteiger partial charge in [0, 0.05) is 277 Å². The number of Topliss-reactive ketones (excluding diaryl/α,β-unsaturated/α-hetero) is 1. The SMILES string of the molecule is CC(C)(C)OC(=O)CBr.CC(C)(C)OC(=O)Cn1nc(C(N)=O)c2cccc(Br)c21.CC(C)(C)OC(=O)Cn1nc(C(N)=O)c2cccc(C#N)c21.Cl.N#Cc1cccc2c(C(N)=O)nn(CC(=O)O)c12.NC(=O)c1[nH]nc2c(Br)cccc12.O=C(Cc1cccc(-c2ccccc2Cl)c1F)C1C[C@@H](F)CN1.O=C(O)c1[nH]nc2c(Br)cccc12.S.S=S.S=S=S.S=S=S=S.S=S=S=S=S.S=S=S=S=S=S. The van der Waals surface area contributed by atoms with Crippen LogP contribution in [0.25, 0.3) is 65.6 Å². The van der Waals surface area contributed by atoms with E-state index in [4.69, 9.17) is 64.2 Å². The van der Waals surface area contributed by atoms with E-state index < -0.39 is 83.3 Å². The number of rotatable bonds is 16. The van der Waals surface area contributed by atoms with Crippen LogP contribution in [0.5, 0.6) is 0 Å². The third kappa shape index (κ3) is 46.2. The van der Waals surface area contributed by atoms with Crippen molar-refractivity contribution in [3.8, 4) is 23.3 Å². The number of primary amides is 4. The van der Waals surface area contributed by atoms with Gasteiger partial charge in [-0.2, -0.15) is 49.5 Å². The van der Waals surface area contributed by atoms with Gasteiger partial charge in [-0.15, -0.1) is 12.4 Å². The Morgan fingerprint density at radius 2 is 0.872 bits per heavy atom. The molecule has 0 radical (unpaired) electrons. The predicted octanol–water partition coefficient (Wildman–Crippen LogP) is 13.3. The van der Waals surface area contributed by atoms with E-state index in [2.05, 4.69) is 217 Å². The minimum atomic E-state index is -1.12. The second-order valence-electron chi connectivity index (χ2n) is 29.2. The molecule has 6 heterocycles. The number of esters is 3. The molecule has 0 spiro atoms. The molecule has 0 bridgehead atoms. The van der Waals surface area contributed by atoms with Crippen LogP contribution in [-0.4, -0.2) is 160 Å². The fourth-order valence-corrected chi connectivity index (χ4v) is 21.5. The highest BCUT2D eigenvalue weighted by Gasteiger charge is 2.31. The summed E-state index contributed by atoms with van der Waals surface area (Å²) >= 11 is 61.3. The lowest BCUT2D eigenvalue weighted by Gasteiger charge is -2.19. The first-order valence-electron chi connectivity index (χ1n) is 37.8. The lowest BCUT2D eigenvalue weighted by Crippen LogP contribution is -2.32. The Labute approximate surface area is 935 Å². The first kappa shape index (κ1) is 134. The number of amides is 4. The first-order chi connectivity index (χ1) is 65.5. The standard InChI is InChI=1S/C18H16ClF2NO.C15H16N4O3.C14H16BrN3O3.C11H8N4O3.C8H6BrN3O.C8H5BrN2O2.C6H11BrO2.ClH.S6.S5.S4.S3.S2.H2S/c19-15-7-2-1-5-13(15)14-6-3-4-11(18(14)21)8-17(23)16-9-12(20)10-22-16;1-15(2,3)22-11(20)8-19-13-9(7-16)5-4-6-10(13)12(18-19)14(17)21;1-14(2,3)21-10(19)7-18-12-8(5-4-6-9(12)15)11(17-18)13(16)20;12-4-6-2-1-3-7-9(11(13)18)14-15(10(6)7)5-8(16)17;9-5-3-1-2-4-6(5)11-12-7(4)8(10)13;9-5-3-1-2-4-6(5)10-11-7(4)8(12)13;1-6(2,3)9-5(8)4-7;;1-3-5-6-4-2;1-3-5-4-2;1-3-4-2;1-3-2;1-2;/h1-7,12,16,22H,8-10H2;4-6H,8H2,1-3H3,(H2,17,21);4-6H,7H2,1-3H3,(H2,16,20);1-3H,5H2,(H2,13,18)(H,16,17);1-3H,(H2,10,13)(H,11,12);1-3H,(H,10,11)(H,12,13);4H2,1-3H3;1H;;;;;;1H2/t12-,16?;;;;;;;;;;;;;/m1............./s1. The molecular formula is C80H81Br4Cl2F2N17O15S21. The Kier molecular flexibility index (Phi) is 65.6. The Balaban J connectivity index is 0.00000159. The molecule has 61 heteroatoms. The molecular weight excluding hydrogens is 2540 g/mol. The smallest absolute Gasteiger partial charge is 0.354 e. The molecule has 5 aromatic heterocycles. The summed E-state index contributed by atoms with van der Waals surface area (Å²) in [6.07, 6.45) is -0.914. The van der Waals surface area contributed by atoms with Crippen molar-refractivity contribution >= 4 is 416 Å². The van der Waals surface area contributed by atoms with Crippen LogP contribution >= 0.6 is 101 Å². The van der Waals surface area contributed by atoms with Crippen LogP contribution in [0.1, 0.15) is 138 Å². The number of nitrogens with zero attached hydrogens (tertiary/aromatic N) is 10. The number of benzene rings is 7. The molecule has 141 heavy (non-hydrogen) atoms. The second-order valence-corrected chi connectivity index (χ2v) is 50.4. The van der Waals surface area contributed by atoms with E-state index in [0.29, 0.717) is 76.6 Å². The maximum absolute atomic E-state index is 14.8. The zero-order valence-electron chi connectivity index (χ0n) is 74.0. The summed E-state index contributed by atoms with van der Waals surface area (Å²) in [6.45, 7) is 15.6. The first-order valence-corrected chi connectivity index (χ1v) is 61.7. The van der Waals surface area contributed by atoms with Gasteiger partial charge in [0.2, 0.25) is 0 Å². The van der Waals surface area contributed by atoms with Crippen LogP contribution < -0.4 is 28.3 Å². The molecule has 7 aromatic carbocycles. The monoisotopic (exact) mass is 2610 g/mol. The van der Waals surface area contributed by atoms with Crippen molar-refractivity contribution in [2.24, 2.45) is 22.9 Å². The molecule has 1 aliphatic rings. The number of para-hydroxylation sites is 5. The fraction of sp³-hybridized carbons (Fsp3) is 0.263. The van der Waals surface area contributed by atoms with Crippen molar-refractivity contribution in [3.63, 3.8) is 0 Å². The number of carbonyl (C=O) groups is 10. The number of aromatic carboxylic acids is 1. The number of alkyl halides is 2. The topological polar surface area (TPSA) is 513 Å². The largest absolute Gasteiger partial charge is 0.480 e. The molecule has 1 saturated heterocycles. The molecule has 4 amide bonds. The van der Waals surface area contributed by atoms with Gasteiger partial charge in [0.1, 0.15) is 82.6 Å². The molecule has 13 rings (SSSR count). The molecule has 13 N–H and O–H groups in total. The van der Waals surface area contributed by atoms with Crippen molar-refractivity contribution in [2.45, 2.75) is 124 Å². The van der Waals surface area contributed by atoms with Crippen molar-refractivity contribution < 1.29 is 81.1 Å². The third-order valence-electron chi connectivity index (χ3n) is 16.2. The van der Waals surface area contributed by atoms with E-state index in [9.17, 15) is 62.0 Å². The summed E-state index contributed by atoms with van der Waals surface area (Å²) in [5.41, 5.74) is 24.5. The molecule has 1 aliphatic heterocycles. The van der Waals surface area contributed by atoms with E-state index >= 15 is 0 Å². The van der Waals surface area contributed by atoms with Gasteiger partial charge < -0.3 is 52.7 Å². The average molecular weight is 2620 g/mol. The number of H-pyrrole nitrogens is 2. The Morgan fingerprint density at radius 1 is 0.511 bits per heavy atom. The van der Waals surface area contributed by atoms with Gasteiger partial charge in [-0.25, -0.2) is 13.6 Å². The minimum absolute atomic E-state index is 0. The van der Waals surface area contributed by atoms with Gasteiger partial charge in [-0.3, -0.25) is 67.4 Å². The average Bonchev–Trinajstić information content (AvgIpc) is 1.63. The highest BCUT2D eigenvalue weighted by Crippen LogP contribution is 2.33. The summed E-state index contributed by atoms with van der Waals surface area (Å²) in [4.78, 5) is 113. The van der Waals surface area contributed by atoms with E-state index in [0.717, 1.165) is 37.9 Å². The highest BCUT2D eigenvalue weighted by atomic mass is 79.9. The lowest BCUT2D eigenvalue weighted by molar-refractivity contribution is -0.156. The number of ketones is 1. The van der Waals surface area contributed by atoms with E-state index in [1.165, 1.54) is 95.4 Å². The molecule has 32 nitrogen and oxygen atoms in total. The summed E-state index contributed by atoms with van der Waals surface area (Å²) < 4.78 is 49.5. The van der Waals surface area contributed by atoms with Crippen LogP contribution in [0.2, 0.25) is 5.02 Å². The number of nitrogens with two attached hydrogens (primary N) is 4. The van der Waals surface area contributed by atoms with Crippen LogP contribution in [0.15, 0.2) is 147 Å². The van der Waals surface area contributed by atoms with Crippen LogP contribution in [0.3, 0.4) is 0 Å². The molecule has 0 aliphatic carbocycles. The third-order valence-corrected chi connectivity index (χ3v) is 32.2. The van der Waals surface area contributed by atoms with Crippen molar-refractivity contribution in [1.82, 2.24) is 55.1 Å². The summed E-state index contributed by atoms with van der Waals surface area (Å²) in [5.74, 6) is -6.56. The number of nitrogens with one attached hydrogen (secondary N) is 3. The number of aromatic amines is 2. The van der Waals surface area contributed by atoms with Crippen LogP contribution in [0, 0.1) is 28.5 Å². The quantitative estimate of drug-likeness (QED) is 0.0246. The van der Waals surface area contributed by atoms with Gasteiger partial charge in [0.25, 0.3) is 23.6 Å². The van der Waals surface area contributed by atoms with Gasteiger partial charge in [0.15, 0.2) is 28.6 Å². The second kappa shape index (κ2) is 69.1. The maximum Gasteiger partial charge on any atom is 0.354 e. The highest BCUT2D eigenvalue weighted by molar-refractivity contribution is 9.11. The zero-order chi connectivity index (χ0) is 105. The summed E-state index contributed by atoms with van der Waals surface area (Å²) in [7, 11) is 12.8. The minimum Gasteiger partial charge on any atom is -0.480 e. The van der Waals surface area contributed by atoms with E-state index in [1.54, 1.807) is 151 Å². The van der Waals surface area contributed by atoms with Gasteiger partial charge in [-0.05, 0) is 152 Å². The summed E-state index contributed by atoms with van der Waals surface area (Å²) in [5, 5.41) is 67.0. The maximum atomic E-state index is 14.8. The van der Waals surface area contributed by atoms with Crippen molar-refractivity contribution in [2.75, 3.05) is 11.9 Å². The molecule has 1 unspecified atom stereocenters. The molecule has 758 valence electrons. The predicted molar refractivity (Wildman–Crippen MR) is 616 cm³/mol. The van der Waals surface area contributed by atoms with E-state index in [1.807, 2.05) is 51.1 Å². The lowest BCUT2D eigenvalue weighted by atomic mass is 9.97.